The number of nitrogens with one attached hydrogen (secondary N) is 1. The van der Waals surface area contributed by atoms with E-state index in [1.807, 2.05) is 18.2 Å². The third kappa shape index (κ3) is 2.65. The number of hydrogen-bond acceptors (Lipinski definition) is 2. The summed E-state index contributed by atoms with van der Waals surface area (Å²) in [6.45, 7) is 1.16. The highest BCUT2D eigenvalue weighted by atomic mass is 79.9. The predicted octanol–water partition coefficient (Wildman–Crippen LogP) is 4.27. The topological polar surface area (TPSA) is 21.3 Å². The van der Waals surface area contributed by atoms with Gasteiger partial charge in [0.15, 0.2) is 0 Å². The van der Waals surface area contributed by atoms with E-state index in [9.17, 15) is 4.39 Å². The van der Waals surface area contributed by atoms with E-state index in [0.29, 0.717) is 18.9 Å². The molecular weight excluding hydrogens is 309 g/mol. The number of benzene rings is 2. The molecule has 2 aromatic carbocycles. The van der Waals surface area contributed by atoms with Crippen molar-refractivity contribution in [2.45, 2.75) is 12.6 Å². The lowest BCUT2D eigenvalue weighted by Gasteiger charge is -2.27. The number of hydrogen-bond donors (Lipinski definition) is 1. The van der Waals surface area contributed by atoms with Crippen LogP contribution in [0.2, 0.25) is 0 Å². The van der Waals surface area contributed by atoms with Gasteiger partial charge in [-0.05, 0) is 29.3 Å². The van der Waals surface area contributed by atoms with Gasteiger partial charge >= 0.3 is 0 Å². The normalized spacial score (nSPS) is 17.9. The number of ether oxygens (including phenoxy) is 1. The molecule has 19 heavy (non-hydrogen) atoms. The minimum absolute atomic E-state index is 0.0197. The fourth-order valence-electron chi connectivity index (χ4n) is 2.30. The molecule has 0 saturated carbocycles. The van der Waals surface area contributed by atoms with Crippen molar-refractivity contribution < 1.29 is 9.13 Å². The van der Waals surface area contributed by atoms with Crippen LogP contribution in [0, 0.1) is 5.82 Å². The number of halogens is 2. The molecule has 0 saturated heterocycles. The summed E-state index contributed by atoms with van der Waals surface area (Å²) in [5.74, 6) is -0.258. The summed E-state index contributed by atoms with van der Waals surface area (Å²) in [4.78, 5) is 0. The van der Waals surface area contributed by atoms with Crippen molar-refractivity contribution in [3.63, 3.8) is 0 Å². The van der Waals surface area contributed by atoms with Gasteiger partial charge in [0.2, 0.25) is 0 Å². The van der Waals surface area contributed by atoms with Gasteiger partial charge in [0, 0.05) is 4.47 Å². The molecule has 1 heterocycles. The first-order valence-electron chi connectivity index (χ1n) is 6.11. The van der Waals surface area contributed by atoms with Gasteiger partial charge in [-0.2, -0.15) is 0 Å². The summed E-state index contributed by atoms with van der Waals surface area (Å²) in [5.41, 5.74) is 2.81. The SMILES string of the molecule is Fc1ccc(Br)cc1NC1COCc2ccccc21. The van der Waals surface area contributed by atoms with E-state index in [0.717, 1.165) is 10.0 Å². The second kappa shape index (κ2) is 5.31. The zero-order valence-corrected chi connectivity index (χ0v) is 11.8. The highest BCUT2D eigenvalue weighted by Gasteiger charge is 2.21. The van der Waals surface area contributed by atoms with Crippen LogP contribution in [0.1, 0.15) is 17.2 Å². The zero-order chi connectivity index (χ0) is 13.2. The molecule has 1 unspecified atom stereocenters. The van der Waals surface area contributed by atoms with Crippen molar-refractivity contribution in [1.82, 2.24) is 0 Å². The first-order chi connectivity index (χ1) is 9.24. The average molecular weight is 322 g/mol. The zero-order valence-electron chi connectivity index (χ0n) is 10.2. The molecule has 4 heteroatoms. The van der Waals surface area contributed by atoms with Crippen molar-refractivity contribution in [2.75, 3.05) is 11.9 Å². The van der Waals surface area contributed by atoms with Crippen LogP contribution in [0.25, 0.3) is 0 Å². The smallest absolute Gasteiger partial charge is 0.146 e. The van der Waals surface area contributed by atoms with Crippen molar-refractivity contribution in [2.24, 2.45) is 0 Å². The van der Waals surface area contributed by atoms with Gasteiger partial charge in [-0.3, -0.25) is 0 Å². The molecule has 98 valence electrons. The molecule has 0 aliphatic carbocycles. The molecule has 0 aromatic heterocycles. The molecule has 0 fully saturated rings. The molecule has 1 atom stereocenters. The van der Waals surface area contributed by atoms with Gasteiger partial charge < -0.3 is 10.1 Å². The Bertz CT molecular complexity index is 602. The summed E-state index contributed by atoms with van der Waals surface area (Å²) in [7, 11) is 0. The fourth-order valence-corrected chi connectivity index (χ4v) is 2.66. The van der Waals surface area contributed by atoms with Gasteiger partial charge in [-0.15, -0.1) is 0 Å². The first kappa shape index (κ1) is 12.6. The Morgan fingerprint density at radius 2 is 2.05 bits per heavy atom. The Labute approximate surface area is 119 Å². The van der Waals surface area contributed by atoms with E-state index < -0.39 is 0 Å². The second-order valence-electron chi connectivity index (χ2n) is 4.54. The Kier molecular flexibility index (Phi) is 3.53. The van der Waals surface area contributed by atoms with Gasteiger partial charge in [-0.1, -0.05) is 40.2 Å². The molecule has 2 aromatic rings. The van der Waals surface area contributed by atoms with E-state index in [1.165, 1.54) is 11.6 Å². The maximum atomic E-state index is 13.8. The lowest BCUT2D eigenvalue weighted by atomic mass is 9.99. The largest absolute Gasteiger partial charge is 0.374 e. The van der Waals surface area contributed by atoms with Gasteiger partial charge in [-0.25, -0.2) is 4.39 Å². The number of anilines is 1. The van der Waals surface area contributed by atoms with E-state index >= 15 is 0 Å². The van der Waals surface area contributed by atoms with Gasteiger partial charge in [0.25, 0.3) is 0 Å². The molecule has 1 N–H and O–H groups in total. The molecule has 1 aliphatic heterocycles. The maximum absolute atomic E-state index is 13.8. The fraction of sp³-hybridized carbons (Fsp3) is 0.200. The third-order valence-corrected chi connectivity index (χ3v) is 3.72. The Morgan fingerprint density at radius 1 is 1.21 bits per heavy atom. The van der Waals surface area contributed by atoms with Gasteiger partial charge in [0.05, 0.1) is 24.9 Å². The predicted molar refractivity (Wildman–Crippen MR) is 76.6 cm³/mol. The molecule has 0 bridgehead atoms. The molecule has 1 aliphatic rings. The molecule has 0 amide bonds. The summed E-state index contributed by atoms with van der Waals surface area (Å²) in [5, 5.41) is 3.22. The molecule has 3 rings (SSSR count). The van der Waals surface area contributed by atoms with Crippen molar-refractivity contribution in [1.29, 1.82) is 0 Å². The quantitative estimate of drug-likeness (QED) is 0.891. The van der Waals surface area contributed by atoms with E-state index in [-0.39, 0.29) is 11.9 Å². The minimum Gasteiger partial charge on any atom is -0.374 e. The highest BCUT2D eigenvalue weighted by Crippen LogP contribution is 2.29. The van der Waals surface area contributed by atoms with E-state index in [2.05, 4.69) is 27.3 Å². The summed E-state index contributed by atoms with van der Waals surface area (Å²) < 4.78 is 20.2. The van der Waals surface area contributed by atoms with Crippen LogP contribution in [-0.4, -0.2) is 6.61 Å². The summed E-state index contributed by atoms with van der Waals surface area (Å²) in [6, 6.07) is 12.9. The van der Waals surface area contributed by atoms with Crippen molar-refractivity contribution in [3.8, 4) is 0 Å². The van der Waals surface area contributed by atoms with Gasteiger partial charge in [0.1, 0.15) is 5.82 Å². The lowest BCUT2D eigenvalue weighted by molar-refractivity contribution is 0.0969. The standard InChI is InChI=1S/C15H13BrFNO/c16-11-5-6-13(17)14(7-11)18-15-9-19-8-10-3-1-2-4-12(10)15/h1-7,15,18H,8-9H2. The molecule has 2 nitrogen and oxygen atoms in total. The van der Waals surface area contributed by atoms with E-state index in [1.54, 1.807) is 12.1 Å². The number of rotatable bonds is 2. The second-order valence-corrected chi connectivity index (χ2v) is 5.45. The van der Waals surface area contributed by atoms with Crippen molar-refractivity contribution in [3.05, 3.63) is 63.9 Å². The summed E-state index contributed by atoms with van der Waals surface area (Å²) >= 11 is 3.35. The average Bonchev–Trinajstić information content (AvgIpc) is 2.43. The Balaban J connectivity index is 1.90. The maximum Gasteiger partial charge on any atom is 0.146 e. The molecule has 0 radical (unpaired) electrons. The van der Waals surface area contributed by atoms with Crippen LogP contribution in [0.5, 0.6) is 0 Å². The Morgan fingerprint density at radius 3 is 2.95 bits per heavy atom. The minimum atomic E-state index is -0.258. The van der Waals surface area contributed by atoms with Crippen molar-refractivity contribution >= 4 is 21.6 Å². The van der Waals surface area contributed by atoms with Crippen LogP contribution in [0.3, 0.4) is 0 Å². The highest BCUT2D eigenvalue weighted by molar-refractivity contribution is 9.10. The van der Waals surface area contributed by atoms with Crippen LogP contribution >= 0.6 is 15.9 Å². The van der Waals surface area contributed by atoms with E-state index in [4.69, 9.17) is 4.74 Å². The third-order valence-electron chi connectivity index (χ3n) is 3.23. The molecule has 0 spiro atoms. The Hall–Kier alpha value is -1.39. The van der Waals surface area contributed by atoms with Crippen LogP contribution in [-0.2, 0) is 11.3 Å². The van der Waals surface area contributed by atoms with Crippen LogP contribution in [0.4, 0.5) is 10.1 Å². The number of fused-ring (bicyclic) bond motifs is 1. The first-order valence-corrected chi connectivity index (χ1v) is 6.90. The van der Waals surface area contributed by atoms with Crippen LogP contribution in [0.15, 0.2) is 46.9 Å². The molecular formula is C15H13BrFNO. The monoisotopic (exact) mass is 321 g/mol. The lowest BCUT2D eigenvalue weighted by Crippen LogP contribution is -2.23. The van der Waals surface area contributed by atoms with Crippen LogP contribution < -0.4 is 5.32 Å². The summed E-state index contributed by atoms with van der Waals surface area (Å²) in [6.07, 6.45) is 0.